The first kappa shape index (κ1) is 23.1. The number of benzene rings is 2. The summed E-state index contributed by atoms with van der Waals surface area (Å²) in [5.41, 5.74) is 2.66. The van der Waals surface area contributed by atoms with Crippen molar-refractivity contribution in [2.45, 2.75) is 20.0 Å². The molecule has 1 amide bonds. The fourth-order valence-corrected chi connectivity index (χ4v) is 3.94. The third-order valence-electron chi connectivity index (χ3n) is 4.61. The summed E-state index contributed by atoms with van der Waals surface area (Å²) < 4.78 is 31.7. The molecule has 0 saturated carbocycles. The van der Waals surface area contributed by atoms with Gasteiger partial charge in [0.15, 0.2) is 0 Å². The number of hydrogen-bond donors (Lipinski definition) is 0. The largest absolute Gasteiger partial charge is 0.337 e. The molecule has 0 fully saturated rings. The van der Waals surface area contributed by atoms with E-state index < -0.39 is 10.0 Å². The van der Waals surface area contributed by atoms with Gasteiger partial charge in [-0.1, -0.05) is 63.0 Å². The number of hydrogen-bond acceptors (Lipinski definition) is 6. The van der Waals surface area contributed by atoms with Gasteiger partial charge in [0.05, 0.1) is 19.3 Å². The number of likely N-dealkylation sites (N-methyl/N-ethyl adjacent to an activating group) is 1. The first-order chi connectivity index (χ1) is 14.6. The molecule has 31 heavy (non-hydrogen) atoms. The average molecular weight is 507 g/mol. The Morgan fingerprint density at radius 1 is 1.13 bits per heavy atom. The van der Waals surface area contributed by atoms with Crippen molar-refractivity contribution >= 4 is 31.9 Å². The predicted octanol–water partition coefficient (Wildman–Crippen LogP) is 3.23. The molecule has 1 heterocycles. The van der Waals surface area contributed by atoms with E-state index >= 15 is 0 Å². The maximum atomic E-state index is 12.7. The lowest BCUT2D eigenvalue weighted by atomic mass is 10.1. The van der Waals surface area contributed by atoms with E-state index in [0.717, 1.165) is 31.7 Å². The van der Waals surface area contributed by atoms with Crippen LogP contribution in [0.1, 0.15) is 17.0 Å². The van der Waals surface area contributed by atoms with Gasteiger partial charge >= 0.3 is 0 Å². The Bertz CT molecular complexity index is 1160. The van der Waals surface area contributed by atoms with Crippen molar-refractivity contribution < 1.29 is 17.7 Å². The lowest BCUT2D eigenvalue weighted by Crippen LogP contribution is -2.40. The summed E-state index contributed by atoms with van der Waals surface area (Å²) in [6.45, 7) is 1.86. The molecule has 0 N–H and O–H groups in total. The first-order valence-corrected chi connectivity index (χ1v) is 12.1. The molecule has 0 radical (unpaired) electrons. The summed E-state index contributed by atoms with van der Waals surface area (Å²) >= 11 is 3.40. The van der Waals surface area contributed by atoms with E-state index in [9.17, 15) is 13.2 Å². The Hall–Kier alpha value is -2.56. The highest BCUT2D eigenvalue weighted by Crippen LogP contribution is 2.20. The van der Waals surface area contributed by atoms with Gasteiger partial charge in [0, 0.05) is 23.6 Å². The highest BCUT2D eigenvalue weighted by atomic mass is 79.9. The van der Waals surface area contributed by atoms with E-state index in [1.165, 1.54) is 4.90 Å². The van der Waals surface area contributed by atoms with Crippen LogP contribution in [0.2, 0.25) is 0 Å². The molecule has 8 nitrogen and oxygen atoms in total. The molecule has 0 unspecified atom stereocenters. The topological polar surface area (TPSA) is 96.6 Å². The number of sulfonamides is 1. The zero-order valence-electron chi connectivity index (χ0n) is 17.4. The second-order valence-corrected chi connectivity index (χ2v) is 10.2. The quantitative estimate of drug-likeness (QED) is 0.465. The third kappa shape index (κ3) is 6.46. The minimum absolute atomic E-state index is 0.0714. The Balaban J connectivity index is 1.66. The molecule has 3 aromatic rings. The van der Waals surface area contributed by atoms with Crippen LogP contribution in [-0.2, 0) is 27.9 Å². The van der Waals surface area contributed by atoms with E-state index in [1.807, 2.05) is 55.5 Å². The van der Waals surface area contributed by atoms with Crippen molar-refractivity contribution in [1.29, 1.82) is 0 Å². The molecule has 2 aromatic carbocycles. The van der Waals surface area contributed by atoms with Crippen LogP contribution in [-0.4, -0.2) is 53.5 Å². The monoisotopic (exact) mass is 506 g/mol. The fraction of sp³-hybridized carbons (Fsp3) is 0.286. The Kier molecular flexibility index (Phi) is 7.24. The summed E-state index contributed by atoms with van der Waals surface area (Å²) in [5, 5.41) is 3.95. The molecule has 1 aromatic heterocycles. The number of rotatable bonds is 8. The van der Waals surface area contributed by atoms with Crippen LogP contribution in [0, 0.1) is 6.92 Å². The predicted molar refractivity (Wildman–Crippen MR) is 120 cm³/mol. The van der Waals surface area contributed by atoms with Crippen LogP contribution in [0.4, 0.5) is 0 Å². The number of halogens is 1. The minimum atomic E-state index is -3.58. The van der Waals surface area contributed by atoms with Gasteiger partial charge in [-0.3, -0.25) is 4.79 Å². The molecular formula is C21H23BrN4O4S. The van der Waals surface area contributed by atoms with Gasteiger partial charge in [0.2, 0.25) is 27.6 Å². The minimum Gasteiger partial charge on any atom is -0.337 e. The van der Waals surface area contributed by atoms with Gasteiger partial charge in [-0.05, 0) is 24.6 Å². The third-order valence-corrected chi connectivity index (χ3v) is 6.30. The summed E-state index contributed by atoms with van der Waals surface area (Å²) in [6.07, 6.45) is 1.09. The summed E-state index contributed by atoms with van der Waals surface area (Å²) in [5.74, 6) is 0.296. The van der Waals surface area contributed by atoms with Crippen molar-refractivity contribution in [3.8, 4) is 11.4 Å². The Morgan fingerprint density at radius 2 is 1.84 bits per heavy atom. The average Bonchev–Trinajstić information content (AvgIpc) is 3.17. The SMILES string of the molecule is Cc1ccc(CN(CC(=O)N(C)Cc2nc(-c3cccc(Br)c3)no2)S(C)(=O)=O)cc1. The van der Waals surface area contributed by atoms with Gasteiger partial charge in [-0.25, -0.2) is 8.42 Å². The van der Waals surface area contributed by atoms with Crippen molar-refractivity contribution in [3.63, 3.8) is 0 Å². The molecule has 0 aliphatic heterocycles. The maximum Gasteiger partial charge on any atom is 0.246 e. The van der Waals surface area contributed by atoms with Gasteiger partial charge in [0.25, 0.3) is 0 Å². The molecule has 0 bridgehead atoms. The van der Waals surface area contributed by atoms with Gasteiger partial charge < -0.3 is 9.42 Å². The normalized spacial score (nSPS) is 11.6. The van der Waals surface area contributed by atoms with Crippen molar-refractivity contribution in [2.24, 2.45) is 0 Å². The highest BCUT2D eigenvalue weighted by Gasteiger charge is 2.23. The Labute approximate surface area is 190 Å². The van der Waals surface area contributed by atoms with Crippen LogP contribution in [0.15, 0.2) is 57.5 Å². The number of carbonyl (C=O) groups excluding carboxylic acids is 1. The summed E-state index contributed by atoms with van der Waals surface area (Å²) in [7, 11) is -2.01. The second kappa shape index (κ2) is 9.71. The fourth-order valence-electron chi connectivity index (χ4n) is 2.81. The lowest BCUT2D eigenvalue weighted by Gasteiger charge is -2.23. The lowest BCUT2D eigenvalue weighted by molar-refractivity contribution is -0.131. The first-order valence-electron chi connectivity index (χ1n) is 9.45. The number of aryl methyl sites for hydroxylation is 1. The van der Waals surface area contributed by atoms with Crippen LogP contribution in [0.3, 0.4) is 0 Å². The molecular weight excluding hydrogens is 484 g/mol. The van der Waals surface area contributed by atoms with Crippen LogP contribution in [0.25, 0.3) is 11.4 Å². The number of carbonyl (C=O) groups is 1. The van der Waals surface area contributed by atoms with E-state index in [2.05, 4.69) is 26.1 Å². The smallest absolute Gasteiger partial charge is 0.246 e. The van der Waals surface area contributed by atoms with Gasteiger partial charge in [-0.15, -0.1) is 0 Å². The zero-order chi connectivity index (χ0) is 22.6. The van der Waals surface area contributed by atoms with Gasteiger partial charge in [-0.2, -0.15) is 9.29 Å². The van der Waals surface area contributed by atoms with Crippen molar-refractivity contribution in [1.82, 2.24) is 19.3 Å². The number of nitrogens with zero attached hydrogens (tertiary/aromatic N) is 4. The number of aromatic nitrogens is 2. The Morgan fingerprint density at radius 3 is 2.48 bits per heavy atom. The summed E-state index contributed by atoms with van der Waals surface area (Å²) in [6, 6.07) is 15.0. The molecule has 10 heteroatoms. The van der Waals surface area contributed by atoms with E-state index in [4.69, 9.17) is 4.52 Å². The standard InChI is InChI=1S/C21H23BrN4O4S/c1-15-7-9-16(10-8-15)12-26(31(3,28)29)14-20(27)25(2)13-19-23-21(24-30-19)17-5-4-6-18(22)11-17/h4-11H,12-14H2,1-3H3. The van der Waals surface area contributed by atoms with E-state index in [-0.39, 0.29) is 31.4 Å². The maximum absolute atomic E-state index is 12.7. The zero-order valence-corrected chi connectivity index (χ0v) is 19.9. The highest BCUT2D eigenvalue weighted by molar-refractivity contribution is 9.10. The molecule has 0 saturated heterocycles. The van der Waals surface area contributed by atoms with E-state index in [1.54, 1.807) is 7.05 Å². The molecule has 3 rings (SSSR count). The molecule has 0 spiro atoms. The number of amides is 1. The van der Waals surface area contributed by atoms with Crippen molar-refractivity contribution in [3.05, 3.63) is 70.0 Å². The molecule has 0 aliphatic carbocycles. The van der Waals surface area contributed by atoms with Gasteiger partial charge in [0.1, 0.15) is 0 Å². The second-order valence-electron chi connectivity index (χ2n) is 7.29. The van der Waals surface area contributed by atoms with Crippen LogP contribution >= 0.6 is 15.9 Å². The molecule has 164 valence electrons. The van der Waals surface area contributed by atoms with E-state index in [0.29, 0.717) is 5.82 Å². The molecule has 0 atom stereocenters. The van der Waals surface area contributed by atoms with Crippen LogP contribution < -0.4 is 0 Å². The van der Waals surface area contributed by atoms with Crippen LogP contribution in [0.5, 0.6) is 0 Å². The molecule has 0 aliphatic rings. The summed E-state index contributed by atoms with van der Waals surface area (Å²) in [4.78, 5) is 18.4. The van der Waals surface area contributed by atoms with Crippen molar-refractivity contribution in [2.75, 3.05) is 19.8 Å².